The molecule has 0 atom stereocenters. The maximum atomic E-state index is 13.0. The van der Waals surface area contributed by atoms with Gasteiger partial charge in [0.15, 0.2) is 5.65 Å². The number of hydrogen-bond acceptors (Lipinski definition) is 4. The SMILES string of the molecule is O=c1n(Cc2cccc(NS(=O)(=O)C3=Cc4ccccc4CC3)c2)nc2ccccn12. The van der Waals surface area contributed by atoms with E-state index >= 15 is 0 Å². The van der Waals surface area contributed by atoms with Crippen LogP contribution in [-0.2, 0) is 23.0 Å². The minimum Gasteiger partial charge on any atom is -0.280 e. The normalized spacial score (nSPS) is 13.6. The van der Waals surface area contributed by atoms with Gasteiger partial charge in [0.25, 0.3) is 10.0 Å². The lowest BCUT2D eigenvalue weighted by molar-refractivity contribution is 0.605. The van der Waals surface area contributed by atoms with Crippen LogP contribution in [0.1, 0.15) is 23.1 Å². The number of rotatable bonds is 5. The predicted octanol–water partition coefficient (Wildman–Crippen LogP) is 3.27. The average Bonchev–Trinajstić information content (AvgIpc) is 3.09. The molecule has 0 bridgehead atoms. The number of benzene rings is 2. The monoisotopic (exact) mass is 432 g/mol. The van der Waals surface area contributed by atoms with Crippen molar-refractivity contribution < 1.29 is 8.42 Å². The molecule has 156 valence electrons. The van der Waals surface area contributed by atoms with Gasteiger partial charge < -0.3 is 0 Å². The zero-order chi connectivity index (χ0) is 21.4. The Labute approximate surface area is 179 Å². The Morgan fingerprint density at radius 2 is 1.81 bits per heavy atom. The van der Waals surface area contributed by atoms with Gasteiger partial charge in [0.1, 0.15) is 0 Å². The Morgan fingerprint density at radius 3 is 2.68 bits per heavy atom. The quantitative estimate of drug-likeness (QED) is 0.525. The highest BCUT2D eigenvalue weighted by Crippen LogP contribution is 2.28. The fourth-order valence-corrected chi connectivity index (χ4v) is 5.04. The van der Waals surface area contributed by atoms with Crippen molar-refractivity contribution in [3.63, 3.8) is 0 Å². The zero-order valence-electron chi connectivity index (χ0n) is 16.6. The molecule has 0 radical (unpaired) electrons. The maximum absolute atomic E-state index is 13.0. The number of sulfonamides is 1. The topological polar surface area (TPSA) is 85.5 Å². The molecule has 2 aromatic heterocycles. The molecule has 0 spiro atoms. The molecular formula is C23H20N4O3S. The number of fused-ring (bicyclic) bond motifs is 2. The van der Waals surface area contributed by atoms with Gasteiger partial charge in [-0.2, -0.15) is 0 Å². The van der Waals surface area contributed by atoms with E-state index in [4.69, 9.17) is 0 Å². The van der Waals surface area contributed by atoms with Crippen molar-refractivity contribution in [3.05, 3.63) is 105 Å². The van der Waals surface area contributed by atoms with Crippen molar-refractivity contribution in [1.29, 1.82) is 0 Å². The van der Waals surface area contributed by atoms with E-state index in [2.05, 4.69) is 9.82 Å². The van der Waals surface area contributed by atoms with Gasteiger partial charge in [0.05, 0.1) is 11.4 Å². The van der Waals surface area contributed by atoms with Crippen molar-refractivity contribution in [1.82, 2.24) is 14.2 Å². The molecule has 31 heavy (non-hydrogen) atoms. The fourth-order valence-electron chi connectivity index (χ4n) is 3.82. The number of aryl methyl sites for hydroxylation is 1. The Morgan fingerprint density at radius 1 is 0.968 bits per heavy atom. The number of nitrogens with zero attached hydrogens (tertiary/aromatic N) is 3. The summed E-state index contributed by atoms with van der Waals surface area (Å²) in [5, 5.41) is 4.33. The van der Waals surface area contributed by atoms with E-state index in [1.54, 1.807) is 42.6 Å². The summed E-state index contributed by atoms with van der Waals surface area (Å²) in [6.45, 7) is 0.242. The van der Waals surface area contributed by atoms with Gasteiger partial charge in [-0.05, 0) is 59.9 Å². The fraction of sp³-hybridized carbons (Fsp3) is 0.130. The summed E-state index contributed by atoms with van der Waals surface area (Å²) in [6, 6.07) is 20.2. The molecular weight excluding hydrogens is 412 g/mol. The second-order valence-electron chi connectivity index (χ2n) is 7.48. The summed E-state index contributed by atoms with van der Waals surface area (Å²) in [4.78, 5) is 12.9. The Bertz CT molecular complexity index is 1480. The molecule has 0 unspecified atom stereocenters. The van der Waals surface area contributed by atoms with Crippen LogP contribution in [0.5, 0.6) is 0 Å². The first-order chi connectivity index (χ1) is 15.0. The van der Waals surface area contributed by atoms with Crippen LogP contribution in [0, 0.1) is 0 Å². The predicted molar refractivity (Wildman–Crippen MR) is 120 cm³/mol. The molecule has 5 rings (SSSR count). The molecule has 8 heteroatoms. The van der Waals surface area contributed by atoms with E-state index in [0.717, 1.165) is 16.7 Å². The van der Waals surface area contributed by atoms with Crippen LogP contribution in [-0.4, -0.2) is 22.6 Å². The van der Waals surface area contributed by atoms with Crippen LogP contribution < -0.4 is 10.4 Å². The van der Waals surface area contributed by atoms with Gasteiger partial charge in [0, 0.05) is 11.9 Å². The van der Waals surface area contributed by atoms with Crippen LogP contribution in [0.15, 0.2) is 82.6 Å². The van der Waals surface area contributed by atoms with Crippen LogP contribution in [0.4, 0.5) is 5.69 Å². The first-order valence-corrected chi connectivity index (χ1v) is 11.4. The molecule has 7 nitrogen and oxygen atoms in total. The minimum atomic E-state index is -3.67. The van der Waals surface area contributed by atoms with Crippen LogP contribution in [0.3, 0.4) is 0 Å². The van der Waals surface area contributed by atoms with Gasteiger partial charge in [-0.1, -0.05) is 42.5 Å². The highest BCUT2D eigenvalue weighted by molar-refractivity contribution is 7.96. The number of pyridine rings is 1. The largest absolute Gasteiger partial charge is 0.350 e. The number of nitrogens with one attached hydrogen (secondary N) is 1. The lowest BCUT2D eigenvalue weighted by atomic mass is 9.98. The molecule has 0 aliphatic heterocycles. The number of anilines is 1. The van der Waals surface area contributed by atoms with Crippen LogP contribution >= 0.6 is 0 Å². The zero-order valence-corrected chi connectivity index (χ0v) is 17.4. The maximum Gasteiger partial charge on any atom is 0.350 e. The van der Waals surface area contributed by atoms with E-state index in [0.29, 0.717) is 29.1 Å². The second kappa shape index (κ2) is 7.55. The Hall–Kier alpha value is -3.65. The summed E-state index contributed by atoms with van der Waals surface area (Å²) in [5.74, 6) is 0. The van der Waals surface area contributed by atoms with E-state index in [-0.39, 0.29) is 12.2 Å². The van der Waals surface area contributed by atoms with Crippen LogP contribution in [0.2, 0.25) is 0 Å². The molecule has 1 aliphatic carbocycles. The van der Waals surface area contributed by atoms with E-state index in [1.165, 1.54) is 9.08 Å². The first kappa shape index (κ1) is 19.3. The van der Waals surface area contributed by atoms with Gasteiger partial charge >= 0.3 is 5.69 Å². The molecule has 0 saturated heterocycles. The Kier molecular flexibility index (Phi) is 4.71. The molecule has 0 fully saturated rings. The second-order valence-corrected chi connectivity index (χ2v) is 9.22. The summed E-state index contributed by atoms with van der Waals surface area (Å²) >= 11 is 0. The standard InChI is InChI=1S/C23H20N4O3S/c28-23-26-13-4-3-10-22(26)24-27(23)16-17-6-5-9-20(14-17)25-31(29,30)21-12-11-18-7-1-2-8-19(18)15-21/h1-10,13-15,25H,11-12,16H2. The van der Waals surface area contributed by atoms with Crippen molar-refractivity contribution in [3.8, 4) is 0 Å². The molecule has 2 aromatic carbocycles. The van der Waals surface area contributed by atoms with Gasteiger partial charge in [-0.15, -0.1) is 5.10 Å². The molecule has 0 saturated carbocycles. The number of allylic oxidation sites excluding steroid dienone is 1. The number of hydrogen-bond donors (Lipinski definition) is 1. The Balaban J connectivity index is 1.40. The van der Waals surface area contributed by atoms with Crippen molar-refractivity contribution in [2.24, 2.45) is 0 Å². The van der Waals surface area contributed by atoms with Crippen molar-refractivity contribution in [2.45, 2.75) is 19.4 Å². The molecule has 0 amide bonds. The smallest absolute Gasteiger partial charge is 0.280 e. The summed E-state index contributed by atoms with van der Waals surface area (Å²) in [7, 11) is -3.67. The van der Waals surface area contributed by atoms with E-state index in [1.807, 2.05) is 36.4 Å². The van der Waals surface area contributed by atoms with Crippen molar-refractivity contribution in [2.75, 3.05) is 4.72 Å². The summed E-state index contributed by atoms with van der Waals surface area (Å²) < 4.78 is 31.4. The average molecular weight is 433 g/mol. The van der Waals surface area contributed by atoms with Gasteiger partial charge in [-0.3, -0.25) is 9.12 Å². The van der Waals surface area contributed by atoms with Gasteiger partial charge in [0.2, 0.25) is 0 Å². The van der Waals surface area contributed by atoms with E-state index < -0.39 is 10.0 Å². The molecule has 1 aliphatic rings. The summed E-state index contributed by atoms with van der Waals surface area (Å²) in [6.07, 6.45) is 4.56. The third-order valence-corrected chi connectivity index (χ3v) is 6.87. The highest BCUT2D eigenvalue weighted by Gasteiger charge is 2.22. The lowest BCUT2D eigenvalue weighted by Gasteiger charge is -2.17. The highest BCUT2D eigenvalue weighted by atomic mass is 32.2. The molecule has 4 aromatic rings. The lowest BCUT2D eigenvalue weighted by Crippen LogP contribution is -2.21. The van der Waals surface area contributed by atoms with E-state index in [9.17, 15) is 13.2 Å². The molecule has 1 N–H and O–H groups in total. The summed E-state index contributed by atoms with van der Waals surface area (Å²) in [5.41, 5.74) is 3.64. The first-order valence-electron chi connectivity index (χ1n) is 9.94. The molecule has 2 heterocycles. The third kappa shape index (κ3) is 3.77. The van der Waals surface area contributed by atoms with Crippen LogP contribution in [0.25, 0.3) is 11.7 Å². The minimum absolute atomic E-state index is 0.242. The van der Waals surface area contributed by atoms with Crippen molar-refractivity contribution >= 4 is 27.4 Å². The third-order valence-electron chi connectivity index (χ3n) is 5.36. The van der Waals surface area contributed by atoms with Gasteiger partial charge in [-0.25, -0.2) is 17.9 Å². The number of aromatic nitrogens is 3.